The summed E-state index contributed by atoms with van der Waals surface area (Å²) in [5.41, 5.74) is 1.45. The molecule has 1 aromatic carbocycles. The smallest absolute Gasteiger partial charge is 0.234 e. The molecule has 0 bridgehead atoms. The molecular weight excluding hydrogens is 300 g/mol. The number of amides is 1. The molecular formula is C20H30N2O2. The van der Waals surface area contributed by atoms with Crippen molar-refractivity contribution < 1.29 is 9.53 Å². The maximum absolute atomic E-state index is 12.3. The average Bonchev–Trinajstić information content (AvgIpc) is 2.63. The van der Waals surface area contributed by atoms with E-state index in [4.69, 9.17) is 4.74 Å². The first kappa shape index (κ1) is 17.4. The lowest BCUT2D eigenvalue weighted by molar-refractivity contribution is -0.124. The van der Waals surface area contributed by atoms with Gasteiger partial charge in [0.05, 0.1) is 6.54 Å². The Morgan fingerprint density at radius 2 is 1.96 bits per heavy atom. The molecule has 1 amide bonds. The third kappa shape index (κ3) is 4.58. The van der Waals surface area contributed by atoms with Crippen LogP contribution in [-0.4, -0.2) is 49.7 Å². The van der Waals surface area contributed by atoms with E-state index in [-0.39, 0.29) is 5.91 Å². The monoisotopic (exact) mass is 330 g/mol. The summed E-state index contributed by atoms with van der Waals surface area (Å²) < 4.78 is 5.35. The van der Waals surface area contributed by atoms with E-state index >= 15 is 0 Å². The number of ether oxygens (including phenoxy) is 1. The quantitative estimate of drug-likeness (QED) is 0.903. The number of likely N-dealkylation sites (tertiary alicyclic amines) is 1. The maximum Gasteiger partial charge on any atom is 0.234 e. The SMILES string of the molecule is CC[C@H]1CN(CC(=O)NC2CCOCC2)CC[C@H]1c1ccccc1. The van der Waals surface area contributed by atoms with E-state index in [2.05, 4.69) is 47.5 Å². The average molecular weight is 330 g/mol. The first-order valence-corrected chi connectivity index (χ1v) is 9.40. The Bertz CT molecular complexity index is 514. The highest BCUT2D eigenvalue weighted by Crippen LogP contribution is 2.34. The predicted octanol–water partition coefficient (Wildman–Crippen LogP) is 2.80. The number of piperidine rings is 1. The Hall–Kier alpha value is -1.39. The van der Waals surface area contributed by atoms with Gasteiger partial charge in [-0.25, -0.2) is 0 Å². The molecule has 2 aliphatic heterocycles. The molecule has 0 saturated carbocycles. The standard InChI is InChI=1S/C20H30N2O2/c1-2-16-14-22(11-8-19(16)17-6-4-3-5-7-17)15-20(23)21-18-9-12-24-13-10-18/h3-7,16,18-19H,2,8-15H2,1H3,(H,21,23)/t16-,19+/m0/s1. The first-order valence-electron chi connectivity index (χ1n) is 9.40. The van der Waals surface area contributed by atoms with Crippen molar-refractivity contribution >= 4 is 5.91 Å². The van der Waals surface area contributed by atoms with Gasteiger partial charge in [-0.15, -0.1) is 0 Å². The van der Waals surface area contributed by atoms with Gasteiger partial charge < -0.3 is 10.1 Å². The lowest BCUT2D eigenvalue weighted by atomic mass is 9.79. The minimum absolute atomic E-state index is 0.176. The number of carbonyl (C=O) groups excluding carboxylic acids is 1. The highest BCUT2D eigenvalue weighted by atomic mass is 16.5. The van der Waals surface area contributed by atoms with E-state index in [9.17, 15) is 4.79 Å². The van der Waals surface area contributed by atoms with Gasteiger partial charge in [-0.2, -0.15) is 0 Å². The highest BCUT2D eigenvalue weighted by molar-refractivity contribution is 5.78. The van der Waals surface area contributed by atoms with Gasteiger partial charge in [0.15, 0.2) is 0 Å². The lowest BCUT2D eigenvalue weighted by Crippen LogP contribution is -2.47. The predicted molar refractivity (Wildman–Crippen MR) is 96.0 cm³/mol. The van der Waals surface area contributed by atoms with Crippen LogP contribution < -0.4 is 5.32 Å². The Balaban J connectivity index is 1.51. The first-order chi connectivity index (χ1) is 11.8. The third-order valence-electron chi connectivity index (χ3n) is 5.52. The molecule has 132 valence electrons. The Morgan fingerprint density at radius 1 is 1.21 bits per heavy atom. The number of nitrogens with zero attached hydrogens (tertiary/aromatic N) is 1. The van der Waals surface area contributed by atoms with E-state index in [1.807, 2.05) is 0 Å². The molecule has 2 saturated heterocycles. The number of benzene rings is 1. The van der Waals surface area contributed by atoms with Gasteiger partial charge in [0.2, 0.25) is 5.91 Å². The van der Waals surface area contributed by atoms with Crippen LogP contribution in [0.2, 0.25) is 0 Å². The van der Waals surface area contributed by atoms with Crippen molar-refractivity contribution in [2.45, 2.75) is 44.6 Å². The Labute approximate surface area is 145 Å². The van der Waals surface area contributed by atoms with E-state index in [0.29, 0.717) is 24.4 Å². The summed E-state index contributed by atoms with van der Waals surface area (Å²) in [7, 11) is 0. The summed E-state index contributed by atoms with van der Waals surface area (Å²) in [6.45, 7) is 6.38. The van der Waals surface area contributed by atoms with Crippen molar-refractivity contribution in [3.05, 3.63) is 35.9 Å². The second-order valence-electron chi connectivity index (χ2n) is 7.16. The van der Waals surface area contributed by atoms with Gasteiger partial charge in [-0.1, -0.05) is 43.7 Å². The Kier molecular flexibility index (Phi) is 6.27. The van der Waals surface area contributed by atoms with Crippen LogP contribution in [0.5, 0.6) is 0 Å². The van der Waals surface area contributed by atoms with Gasteiger partial charge in [0, 0.05) is 25.8 Å². The van der Waals surface area contributed by atoms with Crippen LogP contribution in [0.15, 0.2) is 30.3 Å². The van der Waals surface area contributed by atoms with Crippen LogP contribution >= 0.6 is 0 Å². The van der Waals surface area contributed by atoms with E-state index < -0.39 is 0 Å². The summed E-state index contributed by atoms with van der Waals surface area (Å²) >= 11 is 0. The second-order valence-corrected chi connectivity index (χ2v) is 7.16. The van der Waals surface area contributed by atoms with Gasteiger partial charge in [0.25, 0.3) is 0 Å². The summed E-state index contributed by atoms with van der Waals surface area (Å²) in [5.74, 6) is 1.44. The van der Waals surface area contributed by atoms with E-state index in [1.165, 1.54) is 5.56 Å². The van der Waals surface area contributed by atoms with Crippen molar-refractivity contribution in [1.82, 2.24) is 10.2 Å². The largest absolute Gasteiger partial charge is 0.381 e. The summed E-state index contributed by atoms with van der Waals surface area (Å²) in [4.78, 5) is 14.7. The number of carbonyl (C=O) groups is 1. The molecule has 0 spiro atoms. The summed E-state index contributed by atoms with van der Waals surface area (Å²) in [6, 6.07) is 11.2. The molecule has 4 nitrogen and oxygen atoms in total. The molecule has 1 aromatic rings. The molecule has 2 atom stereocenters. The van der Waals surface area contributed by atoms with Gasteiger partial charge >= 0.3 is 0 Å². The topological polar surface area (TPSA) is 41.6 Å². The van der Waals surface area contributed by atoms with Crippen molar-refractivity contribution in [1.29, 1.82) is 0 Å². The fourth-order valence-corrected chi connectivity index (χ4v) is 4.12. The van der Waals surface area contributed by atoms with E-state index in [0.717, 1.165) is 52.0 Å². The second kappa shape index (κ2) is 8.63. The minimum Gasteiger partial charge on any atom is -0.381 e. The van der Waals surface area contributed by atoms with E-state index in [1.54, 1.807) is 0 Å². The van der Waals surface area contributed by atoms with Crippen LogP contribution in [0, 0.1) is 5.92 Å². The summed E-state index contributed by atoms with van der Waals surface area (Å²) in [6.07, 6.45) is 4.20. The Morgan fingerprint density at radius 3 is 2.67 bits per heavy atom. The fourth-order valence-electron chi connectivity index (χ4n) is 4.12. The molecule has 0 aliphatic carbocycles. The fraction of sp³-hybridized carbons (Fsp3) is 0.650. The zero-order valence-electron chi connectivity index (χ0n) is 14.7. The van der Waals surface area contributed by atoms with Crippen LogP contribution in [0.3, 0.4) is 0 Å². The van der Waals surface area contributed by atoms with Crippen LogP contribution in [0.25, 0.3) is 0 Å². The number of hydrogen-bond donors (Lipinski definition) is 1. The van der Waals surface area contributed by atoms with Gasteiger partial charge in [-0.3, -0.25) is 9.69 Å². The van der Waals surface area contributed by atoms with Crippen molar-refractivity contribution in [3.63, 3.8) is 0 Å². The summed E-state index contributed by atoms with van der Waals surface area (Å²) in [5, 5.41) is 3.18. The number of rotatable bonds is 5. The normalized spacial score (nSPS) is 26.2. The zero-order valence-corrected chi connectivity index (χ0v) is 14.7. The number of nitrogens with one attached hydrogen (secondary N) is 1. The van der Waals surface area contributed by atoms with Crippen molar-refractivity contribution in [3.8, 4) is 0 Å². The van der Waals surface area contributed by atoms with Crippen molar-refractivity contribution in [2.75, 3.05) is 32.8 Å². The molecule has 2 aliphatic rings. The highest BCUT2D eigenvalue weighted by Gasteiger charge is 2.30. The molecule has 24 heavy (non-hydrogen) atoms. The van der Waals surface area contributed by atoms with Crippen LogP contribution in [0.1, 0.15) is 44.1 Å². The van der Waals surface area contributed by atoms with Crippen LogP contribution in [-0.2, 0) is 9.53 Å². The van der Waals surface area contributed by atoms with Gasteiger partial charge in [-0.05, 0) is 43.2 Å². The zero-order chi connectivity index (χ0) is 16.8. The van der Waals surface area contributed by atoms with Crippen molar-refractivity contribution in [2.24, 2.45) is 5.92 Å². The molecule has 1 N–H and O–H groups in total. The maximum atomic E-state index is 12.3. The minimum atomic E-state index is 0.176. The molecule has 0 aromatic heterocycles. The molecule has 3 rings (SSSR count). The lowest BCUT2D eigenvalue weighted by Gasteiger charge is -2.38. The molecule has 4 heteroatoms. The molecule has 2 heterocycles. The molecule has 2 fully saturated rings. The third-order valence-corrected chi connectivity index (χ3v) is 5.52. The van der Waals surface area contributed by atoms with Gasteiger partial charge in [0.1, 0.15) is 0 Å². The number of hydrogen-bond acceptors (Lipinski definition) is 3. The molecule has 0 radical (unpaired) electrons. The molecule has 0 unspecified atom stereocenters. The van der Waals surface area contributed by atoms with Crippen LogP contribution in [0.4, 0.5) is 0 Å².